The van der Waals surface area contributed by atoms with E-state index in [-0.39, 0.29) is 5.95 Å². The summed E-state index contributed by atoms with van der Waals surface area (Å²) in [6.07, 6.45) is 5.12. The van der Waals surface area contributed by atoms with E-state index in [1.54, 1.807) is 10.9 Å². The van der Waals surface area contributed by atoms with Crippen LogP contribution in [-0.4, -0.2) is 25.0 Å². The van der Waals surface area contributed by atoms with Gasteiger partial charge in [0.05, 0.1) is 11.9 Å². The first-order valence-corrected chi connectivity index (χ1v) is 6.27. The van der Waals surface area contributed by atoms with Crippen LogP contribution in [0.2, 0.25) is 0 Å². The second-order valence-corrected chi connectivity index (χ2v) is 4.74. The zero-order valence-electron chi connectivity index (χ0n) is 10.2. The highest BCUT2D eigenvalue weighted by atomic mass is 15.4. The van der Waals surface area contributed by atoms with E-state index in [1.165, 1.54) is 24.0 Å². The van der Waals surface area contributed by atoms with E-state index in [9.17, 15) is 0 Å². The van der Waals surface area contributed by atoms with Gasteiger partial charge in [-0.1, -0.05) is 11.3 Å². The first kappa shape index (κ1) is 10.4. The van der Waals surface area contributed by atoms with Crippen molar-refractivity contribution in [2.24, 2.45) is 0 Å². The first-order chi connectivity index (χ1) is 9.31. The summed E-state index contributed by atoms with van der Waals surface area (Å²) in [5.41, 5.74) is 10.7. The lowest BCUT2D eigenvalue weighted by Gasteiger charge is -2.05. The molecule has 4 rings (SSSR count). The largest absolute Gasteiger partial charge is 0.368 e. The van der Waals surface area contributed by atoms with Crippen molar-refractivity contribution in [1.29, 1.82) is 0 Å². The number of aryl methyl sites for hydroxylation is 2. The molecule has 19 heavy (non-hydrogen) atoms. The van der Waals surface area contributed by atoms with Crippen molar-refractivity contribution in [3.63, 3.8) is 0 Å². The van der Waals surface area contributed by atoms with Gasteiger partial charge in [0, 0.05) is 0 Å². The van der Waals surface area contributed by atoms with Gasteiger partial charge >= 0.3 is 0 Å². The van der Waals surface area contributed by atoms with Crippen LogP contribution in [0, 0.1) is 0 Å². The Morgan fingerprint density at radius 3 is 3.00 bits per heavy atom. The second-order valence-electron chi connectivity index (χ2n) is 4.74. The van der Waals surface area contributed by atoms with E-state index in [4.69, 9.17) is 5.73 Å². The molecule has 2 heterocycles. The maximum Gasteiger partial charge on any atom is 0.222 e. The first-order valence-electron chi connectivity index (χ1n) is 6.27. The van der Waals surface area contributed by atoms with Crippen LogP contribution >= 0.6 is 0 Å². The molecule has 94 valence electrons. The fourth-order valence-corrected chi connectivity index (χ4v) is 2.61. The van der Waals surface area contributed by atoms with Gasteiger partial charge in [0.1, 0.15) is 0 Å². The summed E-state index contributed by atoms with van der Waals surface area (Å²) in [4.78, 5) is 8.13. The predicted molar refractivity (Wildman–Crippen MR) is 70.9 cm³/mol. The van der Waals surface area contributed by atoms with Crippen molar-refractivity contribution >= 4 is 17.1 Å². The van der Waals surface area contributed by atoms with E-state index < -0.39 is 0 Å². The minimum Gasteiger partial charge on any atom is -0.368 e. The molecule has 0 radical (unpaired) electrons. The number of nitrogens with zero attached hydrogens (tertiary/aromatic N) is 5. The van der Waals surface area contributed by atoms with Crippen molar-refractivity contribution in [2.75, 3.05) is 5.73 Å². The molecule has 0 atom stereocenters. The summed E-state index contributed by atoms with van der Waals surface area (Å²) in [6.45, 7) is 0. The Morgan fingerprint density at radius 1 is 1.16 bits per heavy atom. The SMILES string of the molecule is Nc1ncc2nnn(-c3ccc4c(c3)CCC4)c2n1. The predicted octanol–water partition coefficient (Wildman–Crippen LogP) is 1.28. The number of nitrogen functional groups attached to an aromatic ring is 1. The monoisotopic (exact) mass is 252 g/mol. The van der Waals surface area contributed by atoms with E-state index in [0.29, 0.717) is 11.2 Å². The fourth-order valence-electron chi connectivity index (χ4n) is 2.61. The van der Waals surface area contributed by atoms with Gasteiger partial charge in [-0.05, 0) is 42.5 Å². The third-order valence-electron chi connectivity index (χ3n) is 3.54. The number of hydrogen-bond donors (Lipinski definition) is 1. The average Bonchev–Trinajstić information content (AvgIpc) is 3.03. The molecule has 0 bridgehead atoms. The van der Waals surface area contributed by atoms with Crippen LogP contribution < -0.4 is 5.73 Å². The van der Waals surface area contributed by atoms with Crippen molar-refractivity contribution in [3.05, 3.63) is 35.5 Å². The number of aromatic nitrogens is 5. The summed E-state index contributed by atoms with van der Waals surface area (Å²) in [7, 11) is 0. The number of rotatable bonds is 1. The molecule has 0 fully saturated rings. The summed E-state index contributed by atoms with van der Waals surface area (Å²) in [5.74, 6) is 0.234. The quantitative estimate of drug-likeness (QED) is 0.705. The zero-order chi connectivity index (χ0) is 12.8. The van der Waals surface area contributed by atoms with Gasteiger partial charge in [-0.2, -0.15) is 9.67 Å². The Labute approximate surface area is 109 Å². The van der Waals surface area contributed by atoms with Gasteiger partial charge in [0.25, 0.3) is 0 Å². The van der Waals surface area contributed by atoms with E-state index in [1.807, 2.05) is 0 Å². The molecule has 0 aliphatic heterocycles. The van der Waals surface area contributed by atoms with Crippen LogP contribution in [0.15, 0.2) is 24.4 Å². The minimum atomic E-state index is 0.234. The van der Waals surface area contributed by atoms with Crippen molar-refractivity contribution in [2.45, 2.75) is 19.3 Å². The van der Waals surface area contributed by atoms with Crippen LogP contribution in [0.3, 0.4) is 0 Å². The molecule has 3 aromatic rings. The lowest BCUT2D eigenvalue weighted by molar-refractivity contribution is 0.816. The standard InChI is InChI=1S/C13H12N6/c14-13-15-7-11-12(16-13)19(18-17-11)10-5-4-8-2-1-3-9(8)6-10/h4-7H,1-3H2,(H2,14,15,16). The average molecular weight is 252 g/mol. The Kier molecular flexibility index (Phi) is 2.05. The van der Waals surface area contributed by atoms with Crippen LogP contribution in [0.5, 0.6) is 0 Å². The third-order valence-corrected chi connectivity index (χ3v) is 3.54. The topological polar surface area (TPSA) is 82.5 Å². The van der Waals surface area contributed by atoms with Gasteiger partial charge in [-0.3, -0.25) is 0 Å². The molecule has 0 saturated carbocycles. The summed E-state index contributed by atoms with van der Waals surface area (Å²) in [5, 5.41) is 8.20. The number of anilines is 1. The third kappa shape index (κ3) is 1.56. The molecule has 6 nitrogen and oxygen atoms in total. The molecule has 0 amide bonds. The van der Waals surface area contributed by atoms with Gasteiger partial charge < -0.3 is 5.73 Å². The Hall–Kier alpha value is -2.50. The molecule has 0 saturated heterocycles. The molecule has 2 N–H and O–H groups in total. The van der Waals surface area contributed by atoms with Gasteiger partial charge in [0.2, 0.25) is 5.95 Å². The van der Waals surface area contributed by atoms with Gasteiger partial charge in [-0.25, -0.2) is 4.98 Å². The number of benzene rings is 1. The zero-order valence-corrected chi connectivity index (χ0v) is 10.2. The molecular weight excluding hydrogens is 240 g/mol. The Balaban J connectivity index is 1.92. The molecule has 0 spiro atoms. The number of nitrogens with two attached hydrogens (primary N) is 1. The van der Waals surface area contributed by atoms with E-state index in [2.05, 4.69) is 38.5 Å². The Bertz CT molecular complexity index is 776. The molecule has 0 unspecified atom stereocenters. The summed E-state index contributed by atoms with van der Waals surface area (Å²) in [6, 6.07) is 6.38. The van der Waals surface area contributed by atoms with Crippen molar-refractivity contribution in [1.82, 2.24) is 25.0 Å². The maximum absolute atomic E-state index is 5.63. The summed E-state index contributed by atoms with van der Waals surface area (Å²) >= 11 is 0. The molecule has 1 aliphatic rings. The number of fused-ring (bicyclic) bond motifs is 2. The van der Waals surface area contributed by atoms with Crippen molar-refractivity contribution in [3.8, 4) is 5.69 Å². The van der Waals surface area contributed by atoms with Gasteiger partial charge in [-0.15, -0.1) is 5.10 Å². The van der Waals surface area contributed by atoms with Crippen LogP contribution in [0.4, 0.5) is 5.95 Å². The van der Waals surface area contributed by atoms with E-state index in [0.717, 1.165) is 12.1 Å². The molecule has 2 aromatic heterocycles. The second kappa shape index (κ2) is 3.74. The molecule has 1 aromatic carbocycles. The smallest absolute Gasteiger partial charge is 0.222 e. The fraction of sp³-hybridized carbons (Fsp3) is 0.231. The van der Waals surface area contributed by atoms with Crippen LogP contribution in [-0.2, 0) is 12.8 Å². The molecule has 1 aliphatic carbocycles. The normalized spacial score (nSPS) is 13.9. The van der Waals surface area contributed by atoms with Crippen molar-refractivity contribution < 1.29 is 0 Å². The maximum atomic E-state index is 5.63. The lowest BCUT2D eigenvalue weighted by Crippen LogP contribution is -2.01. The minimum absolute atomic E-state index is 0.234. The highest BCUT2D eigenvalue weighted by molar-refractivity contribution is 5.71. The summed E-state index contributed by atoms with van der Waals surface area (Å²) < 4.78 is 1.71. The molecular formula is C13H12N6. The Morgan fingerprint density at radius 2 is 2.05 bits per heavy atom. The highest BCUT2D eigenvalue weighted by Crippen LogP contribution is 2.25. The van der Waals surface area contributed by atoms with Crippen LogP contribution in [0.1, 0.15) is 17.5 Å². The van der Waals surface area contributed by atoms with Crippen LogP contribution in [0.25, 0.3) is 16.9 Å². The molecule has 6 heteroatoms. The van der Waals surface area contributed by atoms with E-state index >= 15 is 0 Å². The number of hydrogen-bond acceptors (Lipinski definition) is 5. The highest BCUT2D eigenvalue weighted by Gasteiger charge is 2.14. The van der Waals surface area contributed by atoms with Gasteiger partial charge in [0.15, 0.2) is 11.2 Å². The lowest BCUT2D eigenvalue weighted by atomic mass is 10.1.